The van der Waals surface area contributed by atoms with Gasteiger partial charge in [0.1, 0.15) is 0 Å². The Hall–Kier alpha value is -2.16. The quantitative estimate of drug-likeness (QED) is 0.494. The van der Waals surface area contributed by atoms with Gasteiger partial charge in [-0.15, -0.1) is 0 Å². The zero-order chi connectivity index (χ0) is 12.1. The maximum atomic E-state index is 8.74. The second-order valence-electron chi connectivity index (χ2n) is 3.70. The minimum Gasteiger partial charge on any atom is -0.411 e. The lowest BCUT2D eigenvalue weighted by molar-refractivity contribution is 0.318. The summed E-state index contributed by atoms with van der Waals surface area (Å²) in [5.41, 5.74) is 2.70. The molecule has 86 valence electrons. The van der Waals surface area contributed by atoms with E-state index < -0.39 is 0 Å². The summed E-state index contributed by atoms with van der Waals surface area (Å²) in [6, 6.07) is 9.92. The van der Waals surface area contributed by atoms with Crippen LogP contribution in [0, 0.1) is 0 Å². The van der Waals surface area contributed by atoms with Gasteiger partial charge in [-0.2, -0.15) is 0 Å². The predicted octanol–water partition coefficient (Wildman–Crippen LogP) is 3.49. The first-order chi connectivity index (χ1) is 8.35. The van der Waals surface area contributed by atoms with E-state index in [-0.39, 0.29) is 0 Å². The topological polar surface area (TPSA) is 45.5 Å². The maximum absolute atomic E-state index is 8.74. The number of pyridine rings is 1. The molecule has 2 aromatic rings. The van der Waals surface area contributed by atoms with E-state index in [1.165, 1.54) is 0 Å². The molecule has 1 heterocycles. The summed E-state index contributed by atoms with van der Waals surface area (Å²) in [7, 11) is 0. The van der Waals surface area contributed by atoms with Gasteiger partial charge in [0.2, 0.25) is 0 Å². The van der Waals surface area contributed by atoms with E-state index in [1.807, 2.05) is 49.4 Å². The molecule has 0 unspecified atom stereocenters. The first-order valence-corrected chi connectivity index (χ1v) is 5.58. The molecule has 0 spiro atoms. The van der Waals surface area contributed by atoms with Gasteiger partial charge in [0.15, 0.2) is 0 Å². The van der Waals surface area contributed by atoms with E-state index in [2.05, 4.69) is 10.1 Å². The maximum Gasteiger partial charge on any atom is 0.0793 e. The van der Waals surface area contributed by atoms with E-state index in [0.29, 0.717) is 12.1 Å². The van der Waals surface area contributed by atoms with Gasteiger partial charge in [0.05, 0.1) is 11.2 Å². The van der Waals surface area contributed by atoms with Gasteiger partial charge in [-0.25, -0.2) is 0 Å². The highest BCUT2D eigenvalue weighted by Crippen LogP contribution is 2.17. The Morgan fingerprint density at radius 1 is 1.35 bits per heavy atom. The van der Waals surface area contributed by atoms with Gasteiger partial charge >= 0.3 is 0 Å². The minimum absolute atomic E-state index is 0.658. The third-order valence-corrected chi connectivity index (χ3v) is 2.63. The van der Waals surface area contributed by atoms with E-state index in [1.54, 1.807) is 6.20 Å². The van der Waals surface area contributed by atoms with Crippen LogP contribution in [0.4, 0.5) is 0 Å². The molecule has 0 fully saturated rings. The Kier molecular flexibility index (Phi) is 3.50. The standard InChI is InChI=1S/C14H14N2O/c1-2-12(16-17)8-7-11-9-10-15-14-6-4-3-5-13(11)14/h3-10,17H,2H2,1H3. The number of oxime groups is 1. The monoisotopic (exact) mass is 226 g/mol. The molecule has 0 aliphatic carbocycles. The highest BCUT2D eigenvalue weighted by atomic mass is 16.4. The van der Waals surface area contributed by atoms with Gasteiger partial charge in [0.25, 0.3) is 0 Å². The van der Waals surface area contributed by atoms with Crippen molar-refractivity contribution in [2.24, 2.45) is 5.16 Å². The number of rotatable bonds is 3. The van der Waals surface area contributed by atoms with Crippen molar-refractivity contribution < 1.29 is 5.21 Å². The van der Waals surface area contributed by atoms with Gasteiger partial charge < -0.3 is 5.21 Å². The first-order valence-electron chi connectivity index (χ1n) is 5.58. The number of allylic oxidation sites excluding steroid dienone is 1. The second-order valence-corrected chi connectivity index (χ2v) is 3.70. The Balaban J connectivity index is 2.43. The summed E-state index contributed by atoms with van der Waals surface area (Å²) >= 11 is 0. The third-order valence-electron chi connectivity index (χ3n) is 2.63. The molecular formula is C14H14N2O. The molecule has 1 aromatic heterocycles. The lowest BCUT2D eigenvalue weighted by Crippen LogP contribution is -1.89. The van der Waals surface area contributed by atoms with Crippen molar-refractivity contribution in [2.45, 2.75) is 13.3 Å². The lowest BCUT2D eigenvalue weighted by atomic mass is 10.1. The fraction of sp³-hybridized carbons (Fsp3) is 0.143. The van der Waals surface area contributed by atoms with E-state index in [0.717, 1.165) is 16.5 Å². The van der Waals surface area contributed by atoms with Crippen LogP contribution in [-0.4, -0.2) is 15.9 Å². The van der Waals surface area contributed by atoms with E-state index >= 15 is 0 Å². The molecule has 1 aromatic carbocycles. The first kappa shape index (κ1) is 11.3. The number of aromatic nitrogens is 1. The molecule has 1 N–H and O–H groups in total. The number of nitrogens with zero attached hydrogens (tertiary/aromatic N) is 2. The fourth-order valence-corrected chi connectivity index (χ4v) is 1.67. The van der Waals surface area contributed by atoms with Crippen LogP contribution in [0.5, 0.6) is 0 Å². The summed E-state index contributed by atoms with van der Waals surface area (Å²) in [6.45, 7) is 1.95. The number of hydrogen-bond acceptors (Lipinski definition) is 3. The van der Waals surface area contributed by atoms with Gasteiger partial charge in [-0.1, -0.05) is 36.4 Å². The van der Waals surface area contributed by atoms with E-state index in [9.17, 15) is 0 Å². The SMILES string of the molecule is CCC(C=Cc1ccnc2ccccc12)=NO. The van der Waals surface area contributed by atoms with Crippen LogP contribution in [-0.2, 0) is 0 Å². The molecule has 0 aliphatic rings. The summed E-state index contributed by atoms with van der Waals surface area (Å²) in [4.78, 5) is 4.30. The molecule has 0 amide bonds. The highest BCUT2D eigenvalue weighted by Gasteiger charge is 1.98. The van der Waals surface area contributed by atoms with Crippen LogP contribution in [0.15, 0.2) is 47.8 Å². The summed E-state index contributed by atoms with van der Waals surface area (Å²) < 4.78 is 0. The predicted molar refractivity (Wildman–Crippen MR) is 70.3 cm³/mol. The number of fused-ring (bicyclic) bond motifs is 1. The van der Waals surface area contributed by atoms with Gasteiger partial charge in [-0.05, 0) is 30.2 Å². The van der Waals surface area contributed by atoms with Gasteiger partial charge in [-0.3, -0.25) is 4.98 Å². The van der Waals surface area contributed by atoms with Crippen LogP contribution >= 0.6 is 0 Å². The molecule has 0 radical (unpaired) electrons. The van der Waals surface area contributed by atoms with E-state index in [4.69, 9.17) is 5.21 Å². The van der Waals surface area contributed by atoms with Crippen molar-refractivity contribution >= 4 is 22.7 Å². The van der Waals surface area contributed by atoms with Crippen molar-refractivity contribution in [1.82, 2.24) is 4.98 Å². The molecule has 17 heavy (non-hydrogen) atoms. The zero-order valence-corrected chi connectivity index (χ0v) is 9.67. The summed E-state index contributed by atoms with van der Waals surface area (Å²) in [5.74, 6) is 0. The Bertz CT molecular complexity index is 568. The van der Waals surface area contributed by atoms with Crippen LogP contribution in [0.1, 0.15) is 18.9 Å². The van der Waals surface area contributed by atoms with Crippen LogP contribution < -0.4 is 0 Å². The Labute approximate surface area is 100 Å². The van der Waals surface area contributed by atoms with Crippen molar-refractivity contribution in [3.63, 3.8) is 0 Å². The fourth-order valence-electron chi connectivity index (χ4n) is 1.67. The van der Waals surface area contributed by atoms with Crippen molar-refractivity contribution in [1.29, 1.82) is 0 Å². The number of para-hydroxylation sites is 1. The second kappa shape index (κ2) is 5.25. The molecule has 0 atom stereocenters. The molecule has 0 aliphatic heterocycles. The average molecular weight is 226 g/mol. The minimum atomic E-state index is 0.658. The van der Waals surface area contributed by atoms with Crippen LogP contribution in [0.2, 0.25) is 0 Å². The van der Waals surface area contributed by atoms with Crippen LogP contribution in [0.3, 0.4) is 0 Å². The summed E-state index contributed by atoms with van der Waals surface area (Å²) in [5, 5.41) is 13.1. The zero-order valence-electron chi connectivity index (χ0n) is 9.67. The molecule has 0 saturated carbocycles. The molecule has 3 nitrogen and oxygen atoms in total. The number of hydrogen-bond donors (Lipinski definition) is 1. The highest BCUT2D eigenvalue weighted by molar-refractivity contribution is 5.99. The smallest absolute Gasteiger partial charge is 0.0793 e. The molecule has 0 saturated heterocycles. The molecule has 0 bridgehead atoms. The van der Waals surface area contributed by atoms with Gasteiger partial charge in [0, 0.05) is 11.6 Å². The van der Waals surface area contributed by atoms with Crippen molar-refractivity contribution in [3.8, 4) is 0 Å². The molecule has 2 rings (SSSR count). The Morgan fingerprint density at radius 3 is 2.94 bits per heavy atom. The largest absolute Gasteiger partial charge is 0.411 e. The number of benzene rings is 1. The molecular weight excluding hydrogens is 212 g/mol. The molecule has 3 heteroatoms. The van der Waals surface area contributed by atoms with Crippen LogP contribution in [0.25, 0.3) is 17.0 Å². The summed E-state index contributed by atoms with van der Waals surface area (Å²) in [6.07, 6.45) is 6.25. The lowest BCUT2D eigenvalue weighted by Gasteiger charge is -2.00. The van der Waals surface area contributed by atoms with Crippen molar-refractivity contribution in [3.05, 3.63) is 48.2 Å². The van der Waals surface area contributed by atoms with Crippen molar-refractivity contribution in [2.75, 3.05) is 0 Å². The average Bonchev–Trinajstić information content (AvgIpc) is 2.40. The third kappa shape index (κ3) is 2.50. The Morgan fingerprint density at radius 2 is 2.18 bits per heavy atom. The normalized spacial score (nSPS) is 12.4.